The van der Waals surface area contributed by atoms with Crippen LogP contribution in [0.3, 0.4) is 0 Å². The van der Waals surface area contributed by atoms with E-state index in [1.54, 1.807) is 12.3 Å². The van der Waals surface area contributed by atoms with Crippen LogP contribution < -0.4 is 10.2 Å². The van der Waals surface area contributed by atoms with Crippen molar-refractivity contribution in [2.45, 2.75) is 26.4 Å². The third-order valence-corrected chi connectivity index (χ3v) is 3.40. The minimum Gasteiger partial charge on any atom is -0.370 e. The number of nitrogens with zero attached hydrogens (tertiary/aromatic N) is 2. The molecule has 2 aromatic rings. The van der Waals surface area contributed by atoms with E-state index in [1.807, 2.05) is 31.4 Å². The van der Waals surface area contributed by atoms with E-state index in [9.17, 15) is 4.39 Å². The Balaban J connectivity index is 2.11. The van der Waals surface area contributed by atoms with Crippen molar-refractivity contribution >= 4 is 5.69 Å². The molecule has 0 aliphatic carbocycles. The lowest BCUT2D eigenvalue weighted by Gasteiger charge is -2.22. The van der Waals surface area contributed by atoms with Crippen LogP contribution in [0.15, 0.2) is 42.7 Å². The number of anilines is 1. The summed E-state index contributed by atoms with van der Waals surface area (Å²) < 4.78 is 13.8. The van der Waals surface area contributed by atoms with Gasteiger partial charge in [-0.2, -0.15) is 0 Å². The molecular weight excluding hydrogens is 265 g/mol. The predicted octanol–water partition coefficient (Wildman–Crippen LogP) is 3.36. The highest BCUT2D eigenvalue weighted by atomic mass is 19.1. The maximum atomic E-state index is 13.8. The monoisotopic (exact) mass is 287 g/mol. The Morgan fingerprint density at radius 2 is 2.00 bits per heavy atom. The van der Waals surface area contributed by atoms with Crippen LogP contribution in [0.2, 0.25) is 0 Å². The Morgan fingerprint density at radius 3 is 2.76 bits per heavy atom. The SMILES string of the molecule is CCCNCc1cnccc1N(C)Cc1ccccc1F. The fourth-order valence-corrected chi connectivity index (χ4v) is 2.30. The molecule has 0 spiro atoms. The standard InChI is InChI=1S/C17H22FN3/c1-3-9-19-11-15-12-20-10-8-17(15)21(2)13-14-6-4-5-7-16(14)18/h4-8,10,12,19H,3,9,11,13H2,1-2H3. The number of hydrogen-bond donors (Lipinski definition) is 1. The van der Waals surface area contributed by atoms with Crippen molar-refractivity contribution < 1.29 is 4.39 Å². The minimum absolute atomic E-state index is 0.163. The van der Waals surface area contributed by atoms with Crippen molar-refractivity contribution in [2.24, 2.45) is 0 Å². The summed E-state index contributed by atoms with van der Waals surface area (Å²) in [4.78, 5) is 6.25. The Hall–Kier alpha value is -1.94. The van der Waals surface area contributed by atoms with Gasteiger partial charge in [-0.25, -0.2) is 4.39 Å². The van der Waals surface area contributed by atoms with Gasteiger partial charge in [0.05, 0.1) is 0 Å². The molecule has 0 unspecified atom stereocenters. The van der Waals surface area contributed by atoms with Gasteiger partial charge in [-0.05, 0) is 25.1 Å². The summed E-state index contributed by atoms with van der Waals surface area (Å²) in [5.41, 5.74) is 2.91. The molecule has 0 bridgehead atoms. The number of benzene rings is 1. The zero-order valence-corrected chi connectivity index (χ0v) is 12.6. The predicted molar refractivity (Wildman–Crippen MR) is 84.7 cm³/mol. The van der Waals surface area contributed by atoms with Crippen LogP contribution in [0.1, 0.15) is 24.5 Å². The minimum atomic E-state index is -0.163. The highest BCUT2D eigenvalue weighted by Gasteiger charge is 2.10. The first kappa shape index (κ1) is 15.4. The van der Waals surface area contributed by atoms with E-state index >= 15 is 0 Å². The van der Waals surface area contributed by atoms with E-state index in [1.165, 1.54) is 6.07 Å². The number of rotatable bonds is 7. The van der Waals surface area contributed by atoms with Crippen LogP contribution in [-0.4, -0.2) is 18.6 Å². The van der Waals surface area contributed by atoms with Crippen LogP contribution in [0, 0.1) is 5.82 Å². The number of pyridine rings is 1. The summed E-state index contributed by atoms with van der Waals surface area (Å²) in [5, 5.41) is 3.38. The Morgan fingerprint density at radius 1 is 1.19 bits per heavy atom. The second-order valence-corrected chi connectivity index (χ2v) is 5.13. The van der Waals surface area contributed by atoms with E-state index in [2.05, 4.69) is 22.1 Å². The van der Waals surface area contributed by atoms with Gasteiger partial charge in [-0.15, -0.1) is 0 Å². The average Bonchev–Trinajstić information content (AvgIpc) is 2.50. The second kappa shape index (κ2) is 7.74. The van der Waals surface area contributed by atoms with E-state index in [-0.39, 0.29) is 5.82 Å². The maximum absolute atomic E-state index is 13.8. The van der Waals surface area contributed by atoms with E-state index < -0.39 is 0 Å². The molecule has 0 aliphatic heterocycles. The van der Waals surface area contributed by atoms with Gasteiger partial charge >= 0.3 is 0 Å². The summed E-state index contributed by atoms with van der Waals surface area (Å²) >= 11 is 0. The Kier molecular flexibility index (Phi) is 5.69. The summed E-state index contributed by atoms with van der Waals surface area (Å²) in [6.07, 6.45) is 4.74. The largest absolute Gasteiger partial charge is 0.370 e. The van der Waals surface area contributed by atoms with E-state index in [0.29, 0.717) is 12.1 Å². The van der Waals surface area contributed by atoms with Crippen LogP contribution >= 0.6 is 0 Å². The van der Waals surface area contributed by atoms with Gasteiger partial charge in [0, 0.05) is 49.3 Å². The fraction of sp³-hybridized carbons (Fsp3) is 0.353. The number of nitrogens with one attached hydrogen (secondary N) is 1. The molecule has 3 nitrogen and oxygen atoms in total. The number of aromatic nitrogens is 1. The molecule has 0 fully saturated rings. The van der Waals surface area contributed by atoms with Crippen molar-refractivity contribution in [1.29, 1.82) is 0 Å². The van der Waals surface area contributed by atoms with Gasteiger partial charge in [-0.1, -0.05) is 25.1 Å². The summed E-state index contributed by atoms with van der Waals surface area (Å²) in [5.74, 6) is -0.163. The molecule has 2 rings (SSSR count). The zero-order valence-electron chi connectivity index (χ0n) is 12.6. The molecule has 0 radical (unpaired) electrons. The molecule has 0 saturated carbocycles. The Bertz CT molecular complexity index is 571. The normalized spacial score (nSPS) is 10.6. The van der Waals surface area contributed by atoms with Gasteiger partial charge < -0.3 is 10.2 Å². The lowest BCUT2D eigenvalue weighted by molar-refractivity contribution is 0.607. The molecule has 0 saturated heterocycles. The van der Waals surface area contributed by atoms with Gasteiger partial charge in [0.15, 0.2) is 0 Å². The molecule has 1 N–H and O–H groups in total. The van der Waals surface area contributed by atoms with Gasteiger partial charge in [0.25, 0.3) is 0 Å². The van der Waals surface area contributed by atoms with Crippen molar-refractivity contribution in [3.63, 3.8) is 0 Å². The van der Waals surface area contributed by atoms with Crippen LogP contribution in [0.25, 0.3) is 0 Å². The molecule has 1 aromatic heterocycles. The van der Waals surface area contributed by atoms with Crippen molar-refractivity contribution in [3.8, 4) is 0 Å². The van der Waals surface area contributed by atoms with Crippen molar-refractivity contribution in [2.75, 3.05) is 18.5 Å². The van der Waals surface area contributed by atoms with E-state index in [4.69, 9.17) is 0 Å². The molecule has 0 amide bonds. The second-order valence-electron chi connectivity index (χ2n) is 5.13. The van der Waals surface area contributed by atoms with Crippen LogP contribution in [0.4, 0.5) is 10.1 Å². The lowest BCUT2D eigenvalue weighted by atomic mass is 10.1. The van der Waals surface area contributed by atoms with E-state index in [0.717, 1.165) is 30.8 Å². The summed E-state index contributed by atoms with van der Waals surface area (Å²) in [6, 6.07) is 8.87. The molecule has 0 atom stereocenters. The van der Waals surface area contributed by atoms with Crippen LogP contribution in [-0.2, 0) is 13.1 Å². The zero-order chi connectivity index (χ0) is 15.1. The van der Waals surface area contributed by atoms with Gasteiger partial charge in [-0.3, -0.25) is 4.98 Å². The third kappa shape index (κ3) is 4.26. The first-order valence-corrected chi connectivity index (χ1v) is 7.30. The summed E-state index contributed by atoms with van der Waals surface area (Å²) in [7, 11) is 1.98. The topological polar surface area (TPSA) is 28.2 Å². The van der Waals surface area contributed by atoms with Gasteiger partial charge in [0.1, 0.15) is 5.82 Å². The highest BCUT2D eigenvalue weighted by Crippen LogP contribution is 2.20. The molecule has 4 heteroatoms. The third-order valence-electron chi connectivity index (χ3n) is 3.40. The first-order valence-electron chi connectivity index (χ1n) is 7.30. The van der Waals surface area contributed by atoms with Gasteiger partial charge in [0.2, 0.25) is 0 Å². The van der Waals surface area contributed by atoms with Crippen molar-refractivity contribution in [3.05, 3.63) is 59.7 Å². The summed E-state index contributed by atoms with van der Waals surface area (Å²) in [6.45, 7) is 4.43. The molecule has 1 aromatic carbocycles. The fourth-order valence-electron chi connectivity index (χ4n) is 2.30. The number of hydrogen-bond acceptors (Lipinski definition) is 3. The molecule has 1 heterocycles. The number of halogens is 1. The first-order chi connectivity index (χ1) is 10.2. The quantitative estimate of drug-likeness (QED) is 0.792. The highest BCUT2D eigenvalue weighted by molar-refractivity contribution is 5.52. The maximum Gasteiger partial charge on any atom is 0.128 e. The van der Waals surface area contributed by atoms with Crippen LogP contribution in [0.5, 0.6) is 0 Å². The molecule has 21 heavy (non-hydrogen) atoms. The smallest absolute Gasteiger partial charge is 0.128 e. The average molecular weight is 287 g/mol. The Labute approximate surface area is 125 Å². The molecular formula is C17H22FN3. The molecule has 112 valence electrons. The molecule has 0 aliphatic rings. The lowest BCUT2D eigenvalue weighted by Crippen LogP contribution is -2.21. The van der Waals surface area contributed by atoms with Crippen molar-refractivity contribution in [1.82, 2.24) is 10.3 Å².